The van der Waals surface area contributed by atoms with Crippen molar-refractivity contribution in [2.24, 2.45) is 5.92 Å². The Hall–Kier alpha value is -3.04. The summed E-state index contributed by atoms with van der Waals surface area (Å²) in [7, 11) is 1.23. The van der Waals surface area contributed by atoms with Crippen LogP contribution in [0.15, 0.2) is 17.2 Å². The van der Waals surface area contributed by atoms with Gasteiger partial charge in [0.05, 0.1) is 25.1 Å². The third kappa shape index (κ3) is 3.63. The summed E-state index contributed by atoms with van der Waals surface area (Å²) in [5, 5.41) is 20.3. The summed E-state index contributed by atoms with van der Waals surface area (Å²) in [6.45, 7) is 3.03. The summed E-state index contributed by atoms with van der Waals surface area (Å²) in [6, 6.07) is 0. The fraction of sp³-hybridized carbons (Fsp3) is 0.500. The highest BCUT2D eigenvalue weighted by Gasteiger charge is 2.59. The minimum atomic E-state index is -1.07. The number of hydrogen-bond donors (Lipinski definition) is 4. The molecule has 0 spiro atoms. The molecule has 4 N–H and O–H groups in total. The van der Waals surface area contributed by atoms with Gasteiger partial charge in [-0.05, 0) is 19.3 Å². The highest BCUT2D eigenvalue weighted by Crippen LogP contribution is 2.49. The maximum atomic E-state index is 12.7. The third-order valence-corrected chi connectivity index (χ3v) is 4.44. The molecule has 0 bridgehead atoms. The summed E-state index contributed by atoms with van der Waals surface area (Å²) in [5.74, 6) is -1.10. The van der Waals surface area contributed by atoms with Gasteiger partial charge in [0.1, 0.15) is 12.1 Å². The quantitative estimate of drug-likeness (QED) is 0.369. The van der Waals surface area contributed by atoms with Crippen LogP contribution < -0.4 is 16.2 Å². The Balaban J connectivity index is 2.23. The number of amides is 1. The lowest BCUT2D eigenvalue weighted by molar-refractivity contribution is -0.141. The molecule has 10 heteroatoms. The summed E-state index contributed by atoms with van der Waals surface area (Å²) in [5.41, 5.74) is -1.45. The van der Waals surface area contributed by atoms with Gasteiger partial charge in [-0.15, -0.1) is 0 Å². The molecule has 2 atom stereocenters. The van der Waals surface area contributed by atoms with E-state index in [0.29, 0.717) is 6.42 Å². The number of aromatic nitrogens is 2. The molecule has 0 saturated heterocycles. The second-order valence-electron chi connectivity index (χ2n) is 6.20. The van der Waals surface area contributed by atoms with Crippen LogP contribution in [-0.2, 0) is 19.9 Å². The van der Waals surface area contributed by atoms with Crippen molar-refractivity contribution < 1.29 is 14.3 Å². The fourth-order valence-corrected chi connectivity index (χ4v) is 2.70. The Bertz CT molecular complexity index is 817. The zero-order valence-corrected chi connectivity index (χ0v) is 14.9. The first kappa shape index (κ1) is 19.3. The van der Waals surface area contributed by atoms with Crippen LogP contribution in [0.3, 0.4) is 0 Å². The van der Waals surface area contributed by atoms with Crippen molar-refractivity contribution in [3.8, 4) is 0 Å². The number of nitrogens with one attached hydrogen (secondary N) is 4. The fourth-order valence-electron chi connectivity index (χ4n) is 2.70. The van der Waals surface area contributed by atoms with E-state index in [4.69, 9.17) is 10.8 Å². The highest BCUT2D eigenvalue weighted by molar-refractivity contribution is 6.40. The molecule has 1 aromatic heterocycles. The molecular weight excluding hydrogens is 340 g/mol. The number of methoxy groups -OCH3 is 1. The average Bonchev–Trinajstić information content (AvgIpc) is 3.29. The lowest BCUT2D eigenvalue weighted by Gasteiger charge is -2.20. The Labute approximate surface area is 150 Å². The van der Waals surface area contributed by atoms with Crippen molar-refractivity contribution in [1.82, 2.24) is 14.9 Å². The Morgan fingerprint density at radius 2 is 2.08 bits per heavy atom. The van der Waals surface area contributed by atoms with Gasteiger partial charge in [-0.2, -0.15) is 0 Å². The van der Waals surface area contributed by atoms with Crippen LogP contribution in [0, 0.1) is 16.7 Å². The predicted octanol–water partition coefficient (Wildman–Crippen LogP) is -0.261. The molecule has 1 aliphatic carbocycles. The number of carbonyl (C=O) groups excluding carboxylic acids is 2. The molecule has 0 radical (unpaired) electrons. The van der Waals surface area contributed by atoms with Gasteiger partial charge in [-0.1, -0.05) is 6.92 Å². The minimum Gasteiger partial charge on any atom is -0.468 e. The maximum Gasteiger partial charge on any atom is 0.325 e. The SMILES string of the molecule is COC(=O)CNC(=O)[C@@]1(n2ccnc(NCC(=N)C(C)=N)c2=O)CC1C. The van der Waals surface area contributed by atoms with E-state index in [1.54, 1.807) is 0 Å². The van der Waals surface area contributed by atoms with Gasteiger partial charge in [0.15, 0.2) is 5.82 Å². The lowest BCUT2D eigenvalue weighted by Crippen LogP contribution is -2.46. The van der Waals surface area contributed by atoms with E-state index >= 15 is 0 Å². The molecule has 1 fully saturated rings. The summed E-state index contributed by atoms with van der Waals surface area (Å²) >= 11 is 0. The van der Waals surface area contributed by atoms with Crippen LogP contribution in [-0.4, -0.2) is 53.1 Å². The van der Waals surface area contributed by atoms with Gasteiger partial charge in [0.25, 0.3) is 5.56 Å². The predicted molar refractivity (Wildman–Crippen MR) is 94.9 cm³/mol. The minimum absolute atomic E-state index is 0.00209. The molecule has 26 heavy (non-hydrogen) atoms. The monoisotopic (exact) mass is 362 g/mol. The van der Waals surface area contributed by atoms with Gasteiger partial charge < -0.3 is 26.2 Å². The number of nitrogens with zero attached hydrogens (tertiary/aromatic N) is 2. The third-order valence-electron chi connectivity index (χ3n) is 4.44. The van der Waals surface area contributed by atoms with Crippen molar-refractivity contribution in [2.75, 3.05) is 25.5 Å². The molecule has 1 heterocycles. The van der Waals surface area contributed by atoms with E-state index in [1.165, 1.54) is 31.0 Å². The molecule has 1 unspecified atom stereocenters. The van der Waals surface area contributed by atoms with E-state index in [0.717, 1.165) is 0 Å². The molecule has 140 valence electrons. The first-order chi connectivity index (χ1) is 12.2. The largest absolute Gasteiger partial charge is 0.468 e. The highest BCUT2D eigenvalue weighted by atomic mass is 16.5. The first-order valence-corrected chi connectivity index (χ1v) is 8.04. The topological polar surface area (TPSA) is 150 Å². The molecule has 1 amide bonds. The van der Waals surface area contributed by atoms with E-state index < -0.39 is 23.0 Å². The lowest BCUT2D eigenvalue weighted by atomic mass is 10.2. The number of carbonyl (C=O) groups is 2. The van der Waals surface area contributed by atoms with Crippen molar-refractivity contribution in [2.45, 2.75) is 25.8 Å². The van der Waals surface area contributed by atoms with E-state index in [9.17, 15) is 14.4 Å². The zero-order chi connectivity index (χ0) is 19.5. The number of ether oxygens (including phenoxy) is 1. The smallest absolute Gasteiger partial charge is 0.325 e. The van der Waals surface area contributed by atoms with Gasteiger partial charge >= 0.3 is 5.97 Å². The van der Waals surface area contributed by atoms with Gasteiger partial charge in [-0.3, -0.25) is 19.0 Å². The molecule has 1 saturated carbocycles. The molecular formula is C16H22N6O4. The molecule has 0 aromatic carbocycles. The van der Waals surface area contributed by atoms with Crippen LogP contribution in [0.4, 0.5) is 5.82 Å². The molecule has 0 aliphatic heterocycles. The van der Waals surface area contributed by atoms with Crippen LogP contribution >= 0.6 is 0 Å². The summed E-state index contributed by atoms with van der Waals surface area (Å²) < 4.78 is 5.81. The first-order valence-electron chi connectivity index (χ1n) is 8.04. The van der Waals surface area contributed by atoms with Crippen molar-refractivity contribution in [3.05, 3.63) is 22.7 Å². The molecule has 10 nitrogen and oxygen atoms in total. The van der Waals surface area contributed by atoms with E-state index in [1.807, 2.05) is 6.92 Å². The van der Waals surface area contributed by atoms with E-state index in [-0.39, 0.29) is 36.2 Å². The van der Waals surface area contributed by atoms with Crippen LogP contribution in [0.1, 0.15) is 20.3 Å². The van der Waals surface area contributed by atoms with Crippen LogP contribution in [0.2, 0.25) is 0 Å². The van der Waals surface area contributed by atoms with Crippen molar-refractivity contribution in [1.29, 1.82) is 10.8 Å². The number of esters is 1. The van der Waals surface area contributed by atoms with Crippen LogP contribution in [0.5, 0.6) is 0 Å². The Morgan fingerprint density at radius 3 is 2.62 bits per heavy atom. The summed E-state index contributed by atoms with van der Waals surface area (Å²) in [6.07, 6.45) is 3.28. The second kappa shape index (κ2) is 7.46. The standard InChI is InChI=1S/C16H22N6O4/c1-9-6-16(9,15(25)21-8-12(23)26-3)22-5-4-19-13(14(22)24)20-7-11(18)10(2)17/h4-5,9,17-18H,6-8H2,1-3H3,(H,19,20)(H,21,25)/t9?,16-/m1/s1. The number of hydrogen-bond acceptors (Lipinski definition) is 8. The molecule has 1 aliphatic rings. The Kier molecular flexibility index (Phi) is 5.53. The maximum absolute atomic E-state index is 12.7. The van der Waals surface area contributed by atoms with Gasteiger partial charge in [0, 0.05) is 12.4 Å². The number of anilines is 1. The van der Waals surface area contributed by atoms with E-state index in [2.05, 4.69) is 20.4 Å². The average molecular weight is 362 g/mol. The molecule has 2 rings (SSSR count). The van der Waals surface area contributed by atoms with Crippen molar-refractivity contribution in [3.63, 3.8) is 0 Å². The normalized spacial score (nSPS) is 20.8. The summed E-state index contributed by atoms with van der Waals surface area (Å²) in [4.78, 5) is 40.5. The van der Waals surface area contributed by atoms with Crippen LogP contribution in [0.25, 0.3) is 0 Å². The van der Waals surface area contributed by atoms with Gasteiger partial charge in [0.2, 0.25) is 5.91 Å². The molecule has 1 aromatic rings. The van der Waals surface area contributed by atoms with Gasteiger partial charge in [-0.25, -0.2) is 4.98 Å². The zero-order valence-electron chi connectivity index (χ0n) is 14.9. The number of rotatable bonds is 8. The van der Waals surface area contributed by atoms with Crippen molar-refractivity contribution >= 4 is 29.1 Å². The second-order valence-corrected chi connectivity index (χ2v) is 6.20. The Morgan fingerprint density at radius 1 is 1.42 bits per heavy atom.